The van der Waals surface area contributed by atoms with Crippen LogP contribution in [0.3, 0.4) is 0 Å². The molecule has 0 radical (unpaired) electrons. The molecule has 0 bridgehead atoms. The van der Waals surface area contributed by atoms with Gasteiger partial charge in [-0.3, -0.25) is 0 Å². The van der Waals surface area contributed by atoms with Gasteiger partial charge in [0, 0.05) is 24.5 Å². The molecule has 0 spiro atoms. The van der Waals surface area contributed by atoms with Crippen molar-refractivity contribution in [1.82, 2.24) is 0 Å². The first-order valence-electron chi connectivity index (χ1n) is 5.11. The molecule has 1 saturated heterocycles. The summed E-state index contributed by atoms with van der Waals surface area (Å²) in [4.78, 5) is 1.27. The van der Waals surface area contributed by atoms with Crippen molar-refractivity contribution in [3.05, 3.63) is 22.4 Å². The lowest BCUT2D eigenvalue weighted by Gasteiger charge is -2.25. The van der Waals surface area contributed by atoms with E-state index in [1.54, 1.807) is 11.3 Å². The fraction of sp³-hybridized carbons (Fsp3) is 0.636. The first kappa shape index (κ1) is 10.1. The Balaban J connectivity index is 1.99. The Morgan fingerprint density at radius 3 is 3.14 bits per heavy atom. The van der Waals surface area contributed by atoms with Crippen LogP contribution >= 0.6 is 11.3 Å². The molecule has 0 aromatic carbocycles. The van der Waals surface area contributed by atoms with Crippen LogP contribution in [0.2, 0.25) is 0 Å². The summed E-state index contributed by atoms with van der Waals surface area (Å²) in [6.45, 7) is 1.49. The minimum Gasteiger partial charge on any atom is -0.389 e. The van der Waals surface area contributed by atoms with Crippen LogP contribution < -0.4 is 0 Å². The van der Waals surface area contributed by atoms with Crippen molar-refractivity contribution >= 4 is 11.3 Å². The van der Waals surface area contributed by atoms with Crippen LogP contribution in [0.15, 0.2) is 17.5 Å². The molecule has 1 N–H and O–H groups in total. The molecule has 1 aromatic rings. The van der Waals surface area contributed by atoms with Gasteiger partial charge in [-0.15, -0.1) is 11.3 Å². The molecule has 1 aliphatic heterocycles. The molecular formula is C11H16O2S. The lowest BCUT2D eigenvalue weighted by Crippen LogP contribution is -2.31. The van der Waals surface area contributed by atoms with Gasteiger partial charge in [-0.2, -0.15) is 0 Å². The highest BCUT2D eigenvalue weighted by atomic mass is 32.1. The summed E-state index contributed by atoms with van der Waals surface area (Å²) >= 11 is 1.72. The molecule has 14 heavy (non-hydrogen) atoms. The summed E-state index contributed by atoms with van der Waals surface area (Å²) in [5.74, 6) is 0. The maximum Gasteiger partial charge on any atom is 0.0718 e. The highest BCUT2D eigenvalue weighted by Gasteiger charge is 2.28. The number of hydrogen-bond donors (Lipinski definition) is 1. The molecule has 1 aromatic heterocycles. The number of aliphatic hydroxyl groups is 1. The molecule has 1 unspecified atom stereocenters. The zero-order chi connectivity index (χ0) is 9.86. The average Bonchev–Trinajstić information content (AvgIpc) is 2.55. The van der Waals surface area contributed by atoms with Gasteiger partial charge < -0.3 is 9.84 Å². The second-order valence-electron chi connectivity index (χ2n) is 3.95. The van der Waals surface area contributed by atoms with Crippen molar-refractivity contribution in [3.63, 3.8) is 0 Å². The highest BCUT2D eigenvalue weighted by Crippen LogP contribution is 2.27. The van der Waals surface area contributed by atoms with Gasteiger partial charge in [0.05, 0.1) is 5.60 Å². The van der Waals surface area contributed by atoms with Gasteiger partial charge in [0.15, 0.2) is 0 Å². The zero-order valence-electron chi connectivity index (χ0n) is 8.24. The predicted octanol–water partition coefficient (Wildman–Crippen LogP) is 2.22. The standard InChI is InChI=1S/C11H16O2S/c12-11(4-2-6-13-7-5-11)9-10-3-1-8-14-10/h1,3,8,12H,2,4-7,9H2. The lowest BCUT2D eigenvalue weighted by molar-refractivity contribution is 0.0196. The fourth-order valence-corrected chi connectivity index (χ4v) is 2.75. The summed E-state index contributed by atoms with van der Waals surface area (Å²) in [7, 11) is 0. The van der Waals surface area contributed by atoms with Crippen LogP contribution in [-0.2, 0) is 11.2 Å². The van der Waals surface area contributed by atoms with E-state index >= 15 is 0 Å². The molecule has 1 atom stereocenters. The van der Waals surface area contributed by atoms with E-state index in [1.807, 2.05) is 6.07 Å². The van der Waals surface area contributed by atoms with Crippen molar-refractivity contribution in [2.45, 2.75) is 31.3 Å². The largest absolute Gasteiger partial charge is 0.389 e. The van der Waals surface area contributed by atoms with Crippen molar-refractivity contribution < 1.29 is 9.84 Å². The van der Waals surface area contributed by atoms with E-state index in [1.165, 1.54) is 4.88 Å². The highest BCUT2D eigenvalue weighted by molar-refractivity contribution is 7.09. The van der Waals surface area contributed by atoms with Crippen molar-refractivity contribution in [2.75, 3.05) is 13.2 Å². The summed E-state index contributed by atoms with van der Waals surface area (Å²) in [6, 6.07) is 4.13. The van der Waals surface area contributed by atoms with Crippen LogP contribution in [0.4, 0.5) is 0 Å². The molecule has 2 heterocycles. The number of ether oxygens (including phenoxy) is 1. The summed E-state index contributed by atoms with van der Waals surface area (Å²) in [5.41, 5.74) is -0.526. The molecular weight excluding hydrogens is 196 g/mol. The van der Waals surface area contributed by atoms with Gasteiger partial charge >= 0.3 is 0 Å². The third-order valence-corrected chi connectivity index (χ3v) is 3.60. The normalized spacial score (nSPS) is 28.6. The minimum absolute atomic E-state index is 0.526. The molecule has 1 fully saturated rings. The van der Waals surface area contributed by atoms with Gasteiger partial charge in [0.2, 0.25) is 0 Å². The van der Waals surface area contributed by atoms with Crippen LogP contribution in [0.1, 0.15) is 24.1 Å². The Labute approximate surface area is 88.5 Å². The van der Waals surface area contributed by atoms with E-state index in [0.29, 0.717) is 6.61 Å². The molecule has 2 nitrogen and oxygen atoms in total. The van der Waals surface area contributed by atoms with E-state index in [4.69, 9.17) is 4.74 Å². The summed E-state index contributed by atoms with van der Waals surface area (Å²) in [5, 5.41) is 12.4. The number of rotatable bonds is 2. The van der Waals surface area contributed by atoms with Gasteiger partial charge in [0.1, 0.15) is 0 Å². The Morgan fingerprint density at radius 1 is 1.43 bits per heavy atom. The molecule has 3 heteroatoms. The topological polar surface area (TPSA) is 29.5 Å². The first-order chi connectivity index (χ1) is 6.79. The van der Waals surface area contributed by atoms with Crippen LogP contribution in [-0.4, -0.2) is 23.9 Å². The van der Waals surface area contributed by atoms with E-state index in [-0.39, 0.29) is 0 Å². The summed E-state index contributed by atoms with van der Waals surface area (Å²) < 4.78 is 5.35. The van der Waals surface area contributed by atoms with Gasteiger partial charge in [-0.05, 0) is 30.7 Å². The Bertz CT molecular complexity index is 261. The van der Waals surface area contributed by atoms with Gasteiger partial charge in [0.25, 0.3) is 0 Å². The van der Waals surface area contributed by atoms with Crippen molar-refractivity contribution in [2.24, 2.45) is 0 Å². The van der Waals surface area contributed by atoms with E-state index in [2.05, 4.69) is 11.4 Å². The van der Waals surface area contributed by atoms with E-state index < -0.39 is 5.60 Å². The quantitative estimate of drug-likeness (QED) is 0.814. The smallest absolute Gasteiger partial charge is 0.0718 e. The molecule has 0 aliphatic carbocycles. The molecule has 0 amide bonds. The maximum absolute atomic E-state index is 10.3. The molecule has 78 valence electrons. The zero-order valence-corrected chi connectivity index (χ0v) is 9.05. The second-order valence-corrected chi connectivity index (χ2v) is 4.98. The SMILES string of the molecule is OC1(Cc2cccs2)CCCOCC1. The lowest BCUT2D eigenvalue weighted by atomic mass is 9.91. The Kier molecular flexibility index (Phi) is 3.21. The van der Waals surface area contributed by atoms with E-state index in [9.17, 15) is 5.11 Å². The second kappa shape index (κ2) is 4.43. The third kappa shape index (κ3) is 2.56. The predicted molar refractivity (Wildman–Crippen MR) is 57.6 cm³/mol. The number of thiophene rings is 1. The van der Waals surface area contributed by atoms with Gasteiger partial charge in [-0.1, -0.05) is 6.07 Å². The third-order valence-electron chi connectivity index (χ3n) is 2.73. The maximum atomic E-state index is 10.3. The molecule has 1 aliphatic rings. The Hall–Kier alpha value is -0.380. The van der Waals surface area contributed by atoms with Crippen LogP contribution in [0, 0.1) is 0 Å². The van der Waals surface area contributed by atoms with Crippen molar-refractivity contribution in [3.8, 4) is 0 Å². The minimum atomic E-state index is -0.526. The Morgan fingerprint density at radius 2 is 2.36 bits per heavy atom. The van der Waals surface area contributed by atoms with E-state index in [0.717, 1.165) is 32.3 Å². The monoisotopic (exact) mass is 212 g/mol. The van der Waals surface area contributed by atoms with Gasteiger partial charge in [-0.25, -0.2) is 0 Å². The molecule has 2 rings (SSSR count). The van der Waals surface area contributed by atoms with Crippen LogP contribution in [0.5, 0.6) is 0 Å². The number of hydrogen-bond acceptors (Lipinski definition) is 3. The van der Waals surface area contributed by atoms with Crippen molar-refractivity contribution in [1.29, 1.82) is 0 Å². The summed E-state index contributed by atoms with van der Waals surface area (Å²) in [6.07, 6.45) is 3.39. The molecule has 0 saturated carbocycles. The van der Waals surface area contributed by atoms with Crippen LogP contribution in [0.25, 0.3) is 0 Å². The average molecular weight is 212 g/mol. The first-order valence-corrected chi connectivity index (χ1v) is 5.99. The fourth-order valence-electron chi connectivity index (χ4n) is 1.91.